The van der Waals surface area contributed by atoms with Crippen molar-refractivity contribution in [3.63, 3.8) is 0 Å². The number of para-hydroxylation sites is 1. The predicted octanol–water partition coefficient (Wildman–Crippen LogP) is 2.98. The van der Waals surface area contributed by atoms with E-state index in [0.717, 1.165) is 24.2 Å². The number of carbonyl (C=O) groups excluding carboxylic acids is 1. The maximum atomic E-state index is 11.1. The van der Waals surface area contributed by atoms with Crippen LogP contribution in [0.25, 0.3) is 0 Å². The molecule has 1 aliphatic heterocycles. The number of anilines is 2. The molecular weight excluding hydrogens is 224 g/mol. The van der Waals surface area contributed by atoms with Gasteiger partial charge in [-0.05, 0) is 37.1 Å². The van der Waals surface area contributed by atoms with E-state index >= 15 is 0 Å². The van der Waals surface area contributed by atoms with E-state index in [1.165, 1.54) is 5.56 Å². The van der Waals surface area contributed by atoms with Crippen molar-refractivity contribution in [1.29, 1.82) is 0 Å². The molecule has 3 heteroatoms. The van der Waals surface area contributed by atoms with Crippen LogP contribution in [0.5, 0.6) is 0 Å². The maximum Gasteiger partial charge on any atom is 0.153 e. The molecule has 1 aromatic carbocycles. The molecule has 2 aromatic rings. The molecule has 0 radical (unpaired) electrons. The van der Waals surface area contributed by atoms with Gasteiger partial charge in [0.05, 0.1) is 5.56 Å². The second kappa shape index (κ2) is 4.26. The van der Waals surface area contributed by atoms with E-state index in [9.17, 15) is 4.79 Å². The zero-order valence-corrected chi connectivity index (χ0v) is 10.2. The van der Waals surface area contributed by atoms with Crippen LogP contribution in [0.3, 0.4) is 0 Å². The van der Waals surface area contributed by atoms with Crippen molar-refractivity contribution >= 4 is 17.8 Å². The highest BCUT2D eigenvalue weighted by molar-refractivity contribution is 5.86. The Labute approximate surface area is 106 Å². The third-order valence-electron chi connectivity index (χ3n) is 3.38. The Balaban J connectivity index is 2.14. The number of aldehydes is 1. The Bertz CT molecular complexity index is 595. The van der Waals surface area contributed by atoms with Gasteiger partial charge in [-0.2, -0.15) is 0 Å². The normalized spacial score (nSPS) is 17.6. The second-order valence-electron chi connectivity index (χ2n) is 4.59. The fourth-order valence-electron chi connectivity index (χ4n) is 2.59. The number of hydrogen-bond acceptors (Lipinski definition) is 3. The van der Waals surface area contributed by atoms with E-state index in [-0.39, 0.29) is 0 Å². The Morgan fingerprint density at radius 1 is 1.28 bits per heavy atom. The fourth-order valence-corrected chi connectivity index (χ4v) is 2.59. The molecule has 0 bridgehead atoms. The number of fused-ring (bicyclic) bond motifs is 1. The third-order valence-corrected chi connectivity index (χ3v) is 3.38. The number of aromatic nitrogens is 1. The predicted molar refractivity (Wildman–Crippen MR) is 71.4 cm³/mol. The highest BCUT2D eigenvalue weighted by Gasteiger charge is 2.28. The highest BCUT2D eigenvalue weighted by atomic mass is 16.1. The van der Waals surface area contributed by atoms with Crippen LogP contribution in [0, 0.1) is 0 Å². The third kappa shape index (κ3) is 1.59. The number of nitrogens with zero attached hydrogens (tertiary/aromatic N) is 2. The average molecular weight is 238 g/mol. The topological polar surface area (TPSA) is 33.2 Å². The monoisotopic (exact) mass is 238 g/mol. The molecule has 0 aliphatic carbocycles. The standard InChI is InChI=1S/C15H14N2O/c1-11-9-12-5-2-3-7-14(12)17(11)15-13(10-18)6-4-8-16-15/h2-8,10-11H,9H2,1H3. The molecule has 1 aliphatic rings. The first-order chi connectivity index (χ1) is 8.81. The van der Waals surface area contributed by atoms with Crippen molar-refractivity contribution in [2.75, 3.05) is 4.90 Å². The quantitative estimate of drug-likeness (QED) is 0.754. The lowest BCUT2D eigenvalue weighted by Gasteiger charge is -2.24. The first kappa shape index (κ1) is 11.0. The Hall–Kier alpha value is -2.16. The van der Waals surface area contributed by atoms with E-state index in [4.69, 9.17) is 0 Å². The van der Waals surface area contributed by atoms with Crippen LogP contribution in [0.15, 0.2) is 42.6 Å². The summed E-state index contributed by atoms with van der Waals surface area (Å²) >= 11 is 0. The molecule has 3 rings (SSSR count). The van der Waals surface area contributed by atoms with E-state index in [2.05, 4.69) is 28.9 Å². The van der Waals surface area contributed by atoms with Crippen LogP contribution in [-0.4, -0.2) is 17.3 Å². The van der Waals surface area contributed by atoms with Gasteiger partial charge in [0.15, 0.2) is 6.29 Å². The Morgan fingerprint density at radius 3 is 2.94 bits per heavy atom. The minimum atomic E-state index is 0.330. The van der Waals surface area contributed by atoms with Crippen LogP contribution in [0.2, 0.25) is 0 Å². The van der Waals surface area contributed by atoms with Gasteiger partial charge in [0.25, 0.3) is 0 Å². The van der Waals surface area contributed by atoms with Gasteiger partial charge in [-0.1, -0.05) is 18.2 Å². The molecule has 0 amide bonds. The van der Waals surface area contributed by atoms with Gasteiger partial charge in [-0.25, -0.2) is 4.98 Å². The summed E-state index contributed by atoms with van der Waals surface area (Å²) in [6.45, 7) is 2.16. The molecule has 0 saturated heterocycles. The first-order valence-electron chi connectivity index (χ1n) is 6.08. The van der Waals surface area contributed by atoms with Gasteiger partial charge in [0.2, 0.25) is 0 Å². The van der Waals surface area contributed by atoms with Gasteiger partial charge in [0.1, 0.15) is 5.82 Å². The zero-order valence-electron chi connectivity index (χ0n) is 10.2. The van der Waals surface area contributed by atoms with Crippen LogP contribution in [0.1, 0.15) is 22.8 Å². The Morgan fingerprint density at radius 2 is 2.11 bits per heavy atom. The fraction of sp³-hybridized carbons (Fsp3) is 0.200. The molecule has 18 heavy (non-hydrogen) atoms. The first-order valence-corrected chi connectivity index (χ1v) is 6.08. The molecule has 3 nitrogen and oxygen atoms in total. The van der Waals surface area contributed by atoms with Crippen molar-refractivity contribution in [2.24, 2.45) is 0 Å². The van der Waals surface area contributed by atoms with Gasteiger partial charge >= 0.3 is 0 Å². The van der Waals surface area contributed by atoms with Crippen molar-refractivity contribution in [1.82, 2.24) is 4.98 Å². The lowest BCUT2D eigenvalue weighted by atomic mass is 10.1. The van der Waals surface area contributed by atoms with Crippen molar-refractivity contribution in [2.45, 2.75) is 19.4 Å². The lowest BCUT2D eigenvalue weighted by Crippen LogP contribution is -2.25. The number of benzene rings is 1. The summed E-state index contributed by atoms with van der Waals surface area (Å²) in [5.74, 6) is 0.755. The van der Waals surface area contributed by atoms with Crippen LogP contribution in [-0.2, 0) is 6.42 Å². The average Bonchev–Trinajstić information content (AvgIpc) is 2.74. The number of rotatable bonds is 2. The number of carbonyl (C=O) groups is 1. The smallest absolute Gasteiger partial charge is 0.153 e. The van der Waals surface area contributed by atoms with Gasteiger partial charge < -0.3 is 4.90 Å². The highest BCUT2D eigenvalue weighted by Crippen LogP contribution is 2.37. The second-order valence-corrected chi connectivity index (χ2v) is 4.59. The molecule has 0 spiro atoms. The molecule has 1 atom stereocenters. The van der Waals surface area contributed by atoms with E-state index in [1.807, 2.05) is 18.2 Å². The van der Waals surface area contributed by atoms with Crippen LogP contribution < -0.4 is 4.90 Å². The van der Waals surface area contributed by atoms with Crippen LogP contribution in [0.4, 0.5) is 11.5 Å². The maximum absolute atomic E-state index is 11.1. The van der Waals surface area contributed by atoms with Crippen molar-refractivity contribution in [3.8, 4) is 0 Å². The number of pyridine rings is 1. The molecule has 1 unspecified atom stereocenters. The summed E-state index contributed by atoms with van der Waals surface area (Å²) in [5.41, 5.74) is 3.11. The SMILES string of the molecule is CC1Cc2ccccc2N1c1ncccc1C=O. The van der Waals surface area contributed by atoms with Crippen molar-refractivity contribution in [3.05, 3.63) is 53.7 Å². The summed E-state index contributed by atoms with van der Waals surface area (Å²) in [6.07, 6.45) is 3.59. The molecule has 2 heterocycles. The summed E-state index contributed by atoms with van der Waals surface area (Å²) in [7, 11) is 0. The summed E-state index contributed by atoms with van der Waals surface area (Å²) < 4.78 is 0. The summed E-state index contributed by atoms with van der Waals surface area (Å²) in [6, 6.07) is 12.2. The van der Waals surface area contributed by atoms with E-state index in [0.29, 0.717) is 11.6 Å². The van der Waals surface area contributed by atoms with Gasteiger partial charge in [0, 0.05) is 17.9 Å². The number of hydrogen-bond donors (Lipinski definition) is 0. The van der Waals surface area contributed by atoms with E-state index < -0.39 is 0 Å². The summed E-state index contributed by atoms with van der Waals surface area (Å²) in [4.78, 5) is 17.7. The molecular formula is C15H14N2O. The summed E-state index contributed by atoms with van der Waals surface area (Å²) in [5, 5.41) is 0. The molecule has 0 fully saturated rings. The van der Waals surface area contributed by atoms with Gasteiger partial charge in [-0.3, -0.25) is 4.79 Å². The Kier molecular flexibility index (Phi) is 2.59. The van der Waals surface area contributed by atoms with Gasteiger partial charge in [-0.15, -0.1) is 0 Å². The zero-order chi connectivity index (χ0) is 12.5. The molecule has 0 N–H and O–H groups in total. The molecule has 0 saturated carbocycles. The van der Waals surface area contributed by atoms with E-state index in [1.54, 1.807) is 12.3 Å². The van der Waals surface area contributed by atoms with Crippen molar-refractivity contribution < 1.29 is 4.79 Å². The minimum absolute atomic E-state index is 0.330. The largest absolute Gasteiger partial charge is 0.322 e. The molecule has 90 valence electrons. The molecule has 1 aromatic heterocycles. The minimum Gasteiger partial charge on any atom is -0.322 e. The van der Waals surface area contributed by atoms with Crippen LogP contribution >= 0.6 is 0 Å². The lowest BCUT2D eigenvalue weighted by molar-refractivity contribution is 0.112.